The van der Waals surface area contributed by atoms with Crippen LogP contribution in [-0.2, 0) is 7.05 Å². The normalized spacial score (nSPS) is 11.0. The fourth-order valence-electron chi connectivity index (χ4n) is 2.88. The Labute approximate surface area is 133 Å². The summed E-state index contributed by atoms with van der Waals surface area (Å²) < 4.78 is 9.20. The molecule has 0 aliphatic carbocycles. The van der Waals surface area contributed by atoms with E-state index in [9.17, 15) is 0 Å². The Hall–Kier alpha value is -3.08. The largest absolute Gasteiger partial charge is 0.497 e. The topological polar surface area (TPSA) is 44.9 Å². The molecule has 4 aromatic rings. The smallest absolute Gasteiger partial charge is 0.118 e. The number of hydrogen-bond donors (Lipinski definition) is 0. The van der Waals surface area contributed by atoms with Crippen molar-refractivity contribution in [3.63, 3.8) is 0 Å². The minimum absolute atomic E-state index is 0.831. The van der Waals surface area contributed by atoms with Gasteiger partial charge >= 0.3 is 0 Å². The quantitative estimate of drug-likeness (QED) is 0.582. The molecule has 23 heavy (non-hydrogen) atoms. The molecule has 0 amide bonds. The van der Waals surface area contributed by atoms with Crippen LogP contribution < -0.4 is 4.74 Å². The molecule has 5 heteroatoms. The number of fused-ring (bicyclic) bond motifs is 1. The highest BCUT2D eigenvalue weighted by molar-refractivity contribution is 5.88. The van der Waals surface area contributed by atoms with Gasteiger partial charge in [0.2, 0.25) is 0 Å². The minimum Gasteiger partial charge on any atom is -0.497 e. The fourth-order valence-corrected chi connectivity index (χ4v) is 2.88. The van der Waals surface area contributed by atoms with Crippen molar-refractivity contribution >= 4 is 10.9 Å². The van der Waals surface area contributed by atoms with Crippen LogP contribution in [-0.4, -0.2) is 26.7 Å². The molecule has 0 N–H and O–H groups in total. The average molecular weight is 304 g/mol. The van der Waals surface area contributed by atoms with Crippen molar-refractivity contribution in [3.05, 3.63) is 60.9 Å². The van der Waals surface area contributed by atoms with Crippen molar-refractivity contribution in [1.29, 1.82) is 0 Å². The lowest BCUT2D eigenvalue weighted by atomic mass is 10.1. The number of para-hydroxylation sites is 1. The molecule has 0 bridgehead atoms. The van der Waals surface area contributed by atoms with E-state index in [1.807, 2.05) is 42.1 Å². The number of rotatable bonds is 3. The lowest BCUT2D eigenvalue weighted by Crippen LogP contribution is -2.02. The Morgan fingerprint density at radius 3 is 2.61 bits per heavy atom. The summed E-state index contributed by atoms with van der Waals surface area (Å²) in [6.45, 7) is 0. The molecular formula is C18H16N4O. The minimum atomic E-state index is 0.831. The van der Waals surface area contributed by atoms with Gasteiger partial charge in [0, 0.05) is 24.2 Å². The van der Waals surface area contributed by atoms with Gasteiger partial charge in [0.15, 0.2) is 0 Å². The Bertz CT molecular complexity index is 966. The molecule has 0 fully saturated rings. The molecule has 2 aromatic heterocycles. The molecule has 114 valence electrons. The van der Waals surface area contributed by atoms with E-state index in [0.29, 0.717) is 0 Å². The van der Waals surface area contributed by atoms with E-state index >= 15 is 0 Å². The fraction of sp³-hybridized carbons (Fsp3) is 0.111. The van der Waals surface area contributed by atoms with Gasteiger partial charge < -0.3 is 9.30 Å². The molecule has 0 aliphatic rings. The van der Waals surface area contributed by atoms with Gasteiger partial charge in [-0.1, -0.05) is 17.3 Å². The SMILES string of the molecule is COc1ccc(-c2cnnn2-c2cccc3ccn(C)c23)cc1. The molecular weight excluding hydrogens is 288 g/mol. The molecule has 0 atom stereocenters. The number of hydrogen-bond acceptors (Lipinski definition) is 3. The Kier molecular flexibility index (Phi) is 3.12. The van der Waals surface area contributed by atoms with Crippen LogP contribution >= 0.6 is 0 Å². The maximum absolute atomic E-state index is 5.22. The standard InChI is InChI=1S/C18H16N4O/c1-21-11-10-14-4-3-5-16(18(14)21)22-17(12-19-20-22)13-6-8-15(23-2)9-7-13/h3-12H,1-2H3. The molecule has 2 aromatic carbocycles. The highest BCUT2D eigenvalue weighted by atomic mass is 16.5. The summed E-state index contributed by atoms with van der Waals surface area (Å²) in [4.78, 5) is 0. The maximum Gasteiger partial charge on any atom is 0.118 e. The predicted octanol–water partition coefficient (Wildman–Crippen LogP) is 3.43. The highest BCUT2D eigenvalue weighted by Gasteiger charge is 2.13. The molecule has 0 radical (unpaired) electrons. The van der Waals surface area contributed by atoms with Crippen LogP contribution in [0, 0.1) is 0 Å². The monoisotopic (exact) mass is 304 g/mol. The third-order valence-electron chi connectivity index (χ3n) is 4.04. The summed E-state index contributed by atoms with van der Waals surface area (Å²) in [7, 11) is 3.70. The van der Waals surface area contributed by atoms with Crippen LogP contribution in [0.1, 0.15) is 0 Å². The second-order valence-electron chi connectivity index (χ2n) is 5.40. The first-order chi connectivity index (χ1) is 11.3. The molecule has 4 rings (SSSR count). The number of methoxy groups -OCH3 is 1. The zero-order valence-electron chi connectivity index (χ0n) is 13.0. The van der Waals surface area contributed by atoms with E-state index in [2.05, 4.69) is 39.3 Å². The van der Waals surface area contributed by atoms with Crippen molar-refractivity contribution in [2.24, 2.45) is 7.05 Å². The second kappa shape index (κ2) is 5.28. The summed E-state index contributed by atoms with van der Waals surface area (Å²) in [6, 6.07) is 16.2. The molecule has 0 spiro atoms. The number of nitrogens with zero attached hydrogens (tertiary/aromatic N) is 4. The predicted molar refractivity (Wildman–Crippen MR) is 89.8 cm³/mol. The van der Waals surface area contributed by atoms with Crippen LogP contribution in [0.5, 0.6) is 5.75 Å². The van der Waals surface area contributed by atoms with Gasteiger partial charge in [-0.3, -0.25) is 0 Å². The second-order valence-corrected chi connectivity index (χ2v) is 5.40. The summed E-state index contributed by atoms with van der Waals surface area (Å²) in [6.07, 6.45) is 3.84. The van der Waals surface area contributed by atoms with Gasteiger partial charge in [0.1, 0.15) is 5.75 Å². The molecule has 0 aliphatic heterocycles. The van der Waals surface area contributed by atoms with E-state index in [0.717, 1.165) is 28.2 Å². The first-order valence-corrected chi connectivity index (χ1v) is 7.37. The molecule has 0 saturated heterocycles. The van der Waals surface area contributed by atoms with E-state index in [1.54, 1.807) is 13.3 Å². The van der Waals surface area contributed by atoms with Crippen LogP contribution in [0.3, 0.4) is 0 Å². The van der Waals surface area contributed by atoms with Crippen LogP contribution in [0.25, 0.3) is 27.8 Å². The summed E-state index contributed by atoms with van der Waals surface area (Å²) in [5.74, 6) is 0.831. The average Bonchev–Trinajstić information content (AvgIpc) is 3.22. The van der Waals surface area contributed by atoms with Gasteiger partial charge in [-0.15, -0.1) is 5.10 Å². The first-order valence-electron chi connectivity index (χ1n) is 7.37. The number of ether oxygens (including phenoxy) is 1. The summed E-state index contributed by atoms with van der Waals surface area (Å²) in [5.41, 5.74) is 4.13. The van der Waals surface area contributed by atoms with E-state index in [1.165, 1.54) is 5.39 Å². The van der Waals surface area contributed by atoms with Gasteiger partial charge in [-0.2, -0.15) is 0 Å². The van der Waals surface area contributed by atoms with Crippen molar-refractivity contribution in [2.45, 2.75) is 0 Å². The molecule has 0 unspecified atom stereocenters. The van der Waals surface area contributed by atoms with Crippen molar-refractivity contribution in [2.75, 3.05) is 7.11 Å². The van der Waals surface area contributed by atoms with Gasteiger partial charge in [0.05, 0.1) is 30.2 Å². The van der Waals surface area contributed by atoms with Gasteiger partial charge in [-0.05, 0) is 36.4 Å². The Morgan fingerprint density at radius 2 is 1.83 bits per heavy atom. The third kappa shape index (κ3) is 2.17. The first kappa shape index (κ1) is 13.6. The number of aryl methyl sites for hydroxylation is 1. The Balaban J connectivity index is 1.90. The van der Waals surface area contributed by atoms with Crippen LogP contribution in [0.2, 0.25) is 0 Å². The Morgan fingerprint density at radius 1 is 1.00 bits per heavy atom. The zero-order chi connectivity index (χ0) is 15.8. The summed E-state index contributed by atoms with van der Waals surface area (Å²) >= 11 is 0. The van der Waals surface area contributed by atoms with E-state index in [4.69, 9.17) is 4.74 Å². The number of benzene rings is 2. The third-order valence-corrected chi connectivity index (χ3v) is 4.04. The maximum atomic E-state index is 5.22. The van der Waals surface area contributed by atoms with Crippen molar-refractivity contribution < 1.29 is 4.74 Å². The van der Waals surface area contributed by atoms with Crippen molar-refractivity contribution in [3.8, 4) is 22.7 Å². The molecule has 0 saturated carbocycles. The molecule has 2 heterocycles. The number of aromatic nitrogens is 4. The zero-order valence-corrected chi connectivity index (χ0v) is 13.0. The van der Waals surface area contributed by atoms with Crippen molar-refractivity contribution in [1.82, 2.24) is 19.6 Å². The van der Waals surface area contributed by atoms with Crippen LogP contribution in [0.15, 0.2) is 60.9 Å². The lowest BCUT2D eigenvalue weighted by Gasteiger charge is -2.10. The van der Waals surface area contributed by atoms with E-state index in [-0.39, 0.29) is 0 Å². The van der Waals surface area contributed by atoms with Gasteiger partial charge in [-0.25, -0.2) is 4.68 Å². The highest BCUT2D eigenvalue weighted by Crippen LogP contribution is 2.28. The molecule has 5 nitrogen and oxygen atoms in total. The van der Waals surface area contributed by atoms with E-state index < -0.39 is 0 Å². The van der Waals surface area contributed by atoms with Crippen LogP contribution in [0.4, 0.5) is 0 Å². The summed E-state index contributed by atoms with van der Waals surface area (Å²) in [5, 5.41) is 9.59. The lowest BCUT2D eigenvalue weighted by molar-refractivity contribution is 0.415. The van der Waals surface area contributed by atoms with Gasteiger partial charge in [0.25, 0.3) is 0 Å².